The van der Waals surface area contributed by atoms with E-state index in [2.05, 4.69) is 34.6 Å². The number of aliphatic hydroxyl groups excluding tert-OH is 3. The van der Waals surface area contributed by atoms with Crippen LogP contribution in [0, 0.1) is 33.5 Å². The molecule has 3 aliphatic carbocycles. The maximum absolute atomic E-state index is 13.1. The van der Waals surface area contributed by atoms with Gasteiger partial charge in [0.05, 0.1) is 30.8 Å². The Morgan fingerprint density at radius 1 is 0.939 bits per heavy atom. The third-order valence-corrected chi connectivity index (χ3v) is 11.4. The molecule has 6 rings (SSSR count). The minimum Gasteiger partial charge on any atom is -0.472 e. The van der Waals surface area contributed by atoms with Gasteiger partial charge in [0.1, 0.15) is 11.7 Å². The molecule has 182 valence electrons. The molecule has 0 bridgehead atoms. The van der Waals surface area contributed by atoms with Crippen molar-refractivity contribution in [3.8, 4) is 0 Å². The summed E-state index contributed by atoms with van der Waals surface area (Å²) in [4.78, 5) is 13.1. The Kier molecular flexibility index (Phi) is 4.17. The minimum absolute atomic E-state index is 0.0602. The summed E-state index contributed by atoms with van der Waals surface area (Å²) in [6.07, 6.45) is 2.17. The second-order valence-electron chi connectivity index (χ2n) is 12.7. The van der Waals surface area contributed by atoms with Gasteiger partial charge in [-0.2, -0.15) is 0 Å². The van der Waals surface area contributed by atoms with Gasteiger partial charge >= 0.3 is 5.97 Å². The van der Waals surface area contributed by atoms with Crippen molar-refractivity contribution in [2.75, 3.05) is 0 Å². The summed E-state index contributed by atoms with van der Waals surface area (Å²) in [5.41, 5.74) is -2.33. The predicted octanol–water partition coefficient (Wildman–Crippen LogP) is 2.98. The van der Waals surface area contributed by atoms with Gasteiger partial charge in [0.15, 0.2) is 6.10 Å². The number of furan rings is 1. The van der Waals surface area contributed by atoms with Gasteiger partial charge in [0.2, 0.25) is 0 Å². The quantitative estimate of drug-likeness (QED) is 0.436. The van der Waals surface area contributed by atoms with E-state index in [1.54, 1.807) is 12.5 Å². The third kappa shape index (κ3) is 2.20. The number of cyclic esters (lactones) is 1. The predicted molar refractivity (Wildman–Crippen MR) is 117 cm³/mol. The van der Waals surface area contributed by atoms with Crippen LogP contribution in [-0.4, -0.2) is 51.3 Å². The van der Waals surface area contributed by atoms with Gasteiger partial charge < -0.3 is 29.2 Å². The van der Waals surface area contributed by atoms with E-state index in [-0.39, 0.29) is 17.8 Å². The number of esters is 1. The van der Waals surface area contributed by atoms with Gasteiger partial charge in [-0.3, -0.25) is 0 Å². The fourth-order valence-corrected chi connectivity index (χ4v) is 9.48. The first-order valence-electron chi connectivity index (χ1n) is 12.3. The average molecular weight is 461 g/mol. The van der Waals surface area contributed by atoms with Crippen LogP contribution in [0.4, 0.5) is 0 Å². The van der Waals surface area contributed by atoms with E-state index in [1.807, 2.05) is 6.07 Å². The molecule has 3 N–H and O–H groups in total. The number of hydrogen-bond acceptors (Lipinski definition) is 7. The van der Waals surface area contributed by atoms with Crippen LogP contribution in [0.2, 0.25) is 0 Å². The monoisotopic (exact) mass is 460 g/mol. The van der Waals surface area contributed by atoms with E-state index in [0.717, 1.165) is 18.4 Å². The number of hydrogen-bond donors (Lipinski definition) is 3. The van der Waals surface area contributed by atoms with E-state index in [1.165, 1.54) is 0 Å². The summed E-state index contributed by atoms with van der Waals surface area (Å²) >= 11 is 0. The van der Waals surface area contributed by atoms with E-state index in [4.69, 9.17) is 13.9 Å². The van der Waals surface area contributed by atoms with Crippen LogP contribution in [0.15, 0.2) is 23.0 Å². The zero-order valence-electron chi connectivity index (χ0n) is 20.1. The molecule has 0 radical (unpaired) electrons. The van der Waals surface area contributed by atoms with Crippen molar-refractivity contribution in [3.63, 3.8) is 0 Å². The standard InChI is InChI=1S/C26H36O7/c1-22(2)15-10-18(29)25(5)14(24(15,4)17(28)11-16(22)27)6-8-23(3)19(13-7-9-31-12-13)32-21(30)20-26(23,25)33-20/h7,9,12,14-20,27-29H,6,8,10-11H2,1-5H3. The largest absolute Gasteiger partial charge is 0.472 e. The van der Waals surface area contributed by atoms with Crippen LogP contribution in [0.5, 0.6) is 0 Å². The second-order valence-corrected chi connectivity index (χ2v) is 12.7. The molecule has 1 aromatic heterocycles. The summed E-state index contributed by atoms with van der Waals surface area (Å²) < 4.78 is 17.6. The number of carbonyl (C=O) groups is 1. The summed E-state index contributed by atoms with van der Waals surface area (Å²) in [6, 6.07) is 1.83. The fourth-order valence-electron chi connectivity index (χ4n) is 9.48. The summed E-state index contributed by atoms with van der Waals surface area (Å²) in [5, 5.41) is 34.1. The maximum atomic E-state index is 13.1. The van der Waals surface area contributed by atoms with Gasteiger partial charge in [-0.25, -0.2) is 4.79 Å². The maximum Gasteiger partial charge on any atom is 0.339 e. The van der Waals surface area contributed by atoms with Gasteiger partial charge in [-0.1, -0.05) is 34.6 Å². The topological polar surface area (TPSA) is 113 Å². The molecule has 11 atom stereocenters. The van der Waals surface area contributed by atoms with Crippen molar-refractivity contribution in [3.05, 3.63) is 24.2 Å². The van der Waals surface area contributed by atoms with Crippen LogP contribution in [-0.2, 0) is 14.3 Å². The first kappa shape index (κ1) is 22.1. The van der Waals surface area contributed by atoms with Gasteiger partial charge in [-0.05, 0) is 42.6 Å². The number of rotatable bonds is 1. The molecule has 5 fully saturated rings. The van der Waals surface area contributed by atoms with Crippen LogP contribution < -0.4 is 0 Å². The van der Waals surface area contributed by atoms with Crippen LogP contribution in [0.25, 0.3) is 0 Å². The summed E-state index contributed by atoms with van der Waals surface area (Å²) in [6.45, 7) is 10.4. The van der Waals surface area contributed by atoms with Gasteiger partial charge in [0, 0.05) is 28.2 Å². The van der Waals surface area contributed by atoms with Gasteiger partial charge in [-0.15, -0.1) is 0 Å². The van der Waals surface area contributed by atoms with E-state index < -0.39 is 57.8 Å². The molecule has 7 nitrogen and oxygen atoms in total. The highest BCUT2D eigenvalue weighted by atomic mass is 16.7. The molecular formula is C26H36O7. The Balaban J connectivity index is 1.51. The number of fused-ring (bicyclic) bond motifs is 3. The molecule has 0 amide bonds. The van der Waals surface area contributed by atoms with E-state index in [0.29, 0.717) is 12.8 Å². The molecular weight excluding hydrogens is 424 g/mol. The highest BCUT2D eigenvalue weighted by molar-refractivity contribution is 5.82. The van der Waals surface area contributed by atoms with Crippen molar-refractivity contribution < 1.29 is 34.0 Å². The molecule has 2 aliphatic heterocycles. The van der Waals surface area contributed by atoms with E-state index >= 15 is 0 Å². The molecule has 1 spiro atoms. The Morgan fingerprint density at radius 2 is 1.67 bits per heavy atom. The Morgan fingerprint density at radius 3 is 2.33 bits per heavy atom. The summed E-state index contributed by atoms with van der Waals surface area (Å²) in [5.74, 6) is -0.524. The van der Waals surface area contributed by atoms with Crippen molar-refractivity contribution in [2.45, 2.75) is 96.4 Å². The Labute approximate surface area is 194 Å². The fraction of sp³-hybridized carbons (Fsp3) is 0.808. The van der Waals surface area contributed by atoms with Crippen LogP contribution >= 0.6 is 0 Å². The van der Waals surface area contributed by atoms with Crippen LogP contribution in [0.3, 0.4) is 0 Å². The lowest BCUT2D eigenvalue weighted by atomic mass is 9.34. The van der Waals surface area contributed by atoms with E-state index in [9.17, 15) is 20.1 Å². The molecule has 1 aromatic rings. The molecule has 11 unspecified atom stereocenters. The normalized spacial score (nSPS) is 56.6. The smallest absolute Gasteiger partial charge is 0.339 e. The lowest BCUT2D eigenvalue weighted by Crippen LogP contribution is -2.75. The average Bonchev–Trinajstić information content (AvgIpc) is 3.32. The first-order valence-corrected chi connectivity index (χ1v) is 12.3. The lowest BCUT2D eigenvalue weighted by molar-refractivity contribution is -0.293. The third-order valence-electron chi connectivity index (χ3n) is 11.4. The van der Waals surface area contributed by atoms with Crippen LogP contribution in [0.1, 0.15) is 72.0 Å². The molecule has 2 saturated heterocycles. The number of aliphatic hydroxyl groups is 3. The number of ether oxygens (including phenoxy) is 2. The number of carbonyl (C=O) groups excluding carboxylic acids is 1. The molecule has 0 aromatic carbocycles. The van der Waals surface area contributed by atoms with Crippen molar-refractivity contribution in [1.29, 1.82) is 0 Å². The molecule has 3 saturated carbocycles. The second kappa shape index (κ2) is 6.23. The zero-order chi connectivity index (χ0) is 23.8. The SMILES string of the molecule is CC1(C)C(O)CC(O)C2(C)C1CC(O)C1(C)C2CCC2(C)C(c3ccoc3)OC(=O)C3OC321. The molecule has 7 heteroatoms. The first-order chi connectivity index (χ1) is 15.4. The van der Waals surface area contributed by atoms with Crippen molar-refractivity contribution in [1.82, 2.24) is 0 Å². The summed E-state index contributed by atoms with van der Waals surface area (Å²) in [7, 11) is 0. The highest BCUT2D eigenvalue weighted by Crippen LogP contribution is 2.80. The van der Waals surface area contributed by atoms with Crippen molar-refractivity contribution >= 4 is 5.97 Å². The lowest BCUT2D eigenvalue weighted by Gasteiger charge is -2.71. The Hall–Kier alpha value is -1.41. The Bertz CT molecular complexity index is 989. The zero-order valence-corrected chi connectivity index (χ0v) is 20.1. The molecule has 3 heterocycles. The molecule has 33 heavy (non-hydrogen) atoms. The van der Waals surface area contributed by atoms with Gasteiger partial charge in [0.25, 0.3) is 0 Å². The number of epoxide rings is 1. The minimum atomic E-state index is -0.881. The van der Waals surface area contributed by atoms with Crippen molar-refractivity contribution in [2.24, 2.45) is 33.5 Å². The molecule has 5 aliphatic rings. The highest BCUT2D eigenvalue weighted by Gasteiger charge is 2.88.